The molecule has 1 aromatic heterocycles. The monoisotopic (exact) mass is 368 g/mol. The summed E-state index contributed by atoms with van der Waals surface area (Å²) in [6.07, 6.45) is 3.15. The van der Waals surface area contributed by atoms with Gasteiger partial charge in [0.2, 0.25) is 11.8 Å². The molecule has 1 aromatic carbocycles. The summed E-state index contributed by atoms with van der Waals surface area (Å²) >= 11 is 0. The first-order valence-electron chi connectivity index (χ1n) is 9.51. The highest BCUT2D eigenvalue weighted by Gasteiger charge is 2.32. The number of carbonyl (C=O) groups excluding carboxylic acids is 2. The Labute approximate surface area is 160 Å². The number of carbonyl (C=O) groups is 2. The molecule has 0 saturated carbocycles. The van der Waals surface area contributed by atoms with E-state index in [2.05, 4.69) is 50.4 Å². The second-order valence-corrected chi connectivity index (χ2v) is 8.22. The molecule has 0 bridgehead atoms. The Morgan fingerprint density at radius 3 is 2.59 bits per heavy atom. The molecule has 1 saturated heterocycles. The maximum atomic E-state index is 12.3. The summed E-state index contributed by atoms with van der Waals surface area (Å²) < 4.78 is 5.23. The minimum Gasteiger partial charge on any atom is -0.467 e. The molecule has 2 aromatic rings. The van der Waals surface area contributed by atoms with Gasteiger partial charge in [-0.15, -0.1) is 0 Å². The van der Waals surface area contributed by atoms with Crippen molar-refractivity contribution in [2.45, 2.75) is 64.6 Å². The fourth-order valence-electron chi connectivity index (χ4n) is 3.41. The highest BCUT2D eigenvalue weighted by atomic mass is 16.3. The quantitative estimate of drug-likeness (QED) is 0.844. The first-order chi connectivity index (χ1) is 12.8. The van der Waals surface area contributed by atoms with Crippen molar-refractivity contribution in [1.29, 1.82) is 0 Å². The maximum absolute atomic E-state index is 12.3. The van der Waals surface area contributed by atoms with Crippen molar-refractivity contribution in [3.8, 4) is 0 Å². The molecule has 1 aliphatic rings. The molecule has 0 radical (unpaired) electrons. The molecular weight excluding hydrogens is 340 g/mol. The van der Waals surface area contributed by atoms with Crippen molar-refractivity contribution in [1.82, 2.24) is 10.2 Å². The van der Waals surface area contributed by atoms with Crippen LogP contribution in [0.25, 0.3) is 0 Å². The molecule has 1 aliphatic heterocycles. The van der Waals surface area contributed by atoms with Crippen LogP contribution >= 0.6 is 0 Å². The highest BCUT2D eigenvalue weighted by molar-refractivity contribution is 5.82. The van der Waals surface area contributed by atoms with Crippen LogP contribution in [0.3, 0.4) is 0 Å². The number of nitrogens with one attached hydrogen (secondary N) is 1. The van der Waals surface area contributed by atoms with Gasteiger partial charge in [0.25, 0.3) is 0 Å². The van der Waals surface area contributed by atoms with Gasteiger partial charge >= 0.3 is 0 Å². The third kappa shape index (κ3) is 5.00. The van der Waals surface area contributed by atoms with Crippen LogP contribution in [0.4, 0.5) is 0 Å². The van der Waals surface area contributed by atoms with Gasteiger partial charge in [-0.05, 0) is 35.1 Å². The Balaban J connectivity index is 1.58. The summed E-state index contributed by atoms with van der Waals surface area (Å²) in [4.78, 5) is 26.4. The number of rotatable bonds is 6. The predicted octanol–water partition coefficient (Wildman–Crippen LogP) is 3.77. The van der Waals surface area contributed by atoms with Gasteiger partial charge in [-0.2, -0.15) is 0 Å². The van der Waals surface area contributed by atoms with Crippen LogP contribution < -0.4 is 5.32 Å². The zero-order chi connectivity index (χ0) is 19.4. The zero-order valence-electron chi connectivity index (χ0n) is 16.3. The first kappa shape index (κ1) is 19.2. The van der Waals surface area contributed by atoms with E-state index in [1.165, 1.54) is 5.56 Å². The zero-order valence-corrected chi connectivity index (χ0v) is 16.3. The van der Waals surface area contributed by atoms with Gasteiger partial charge < -0.3 is 14.6 Å². The molecule has 0 spiro atoms. The van der Waals surface area contributed by atoms with E-state index in [1.54, 1.807) is 12.3 Å². The molecule has 2 amide bonds. The SMILES string of the molecule is CC(C)(C)c1ccc(CN2C(=O)CCC2CC(=O)NCc2ccco2)cc1. The summed E-state index contributed by atoms with van der Waals surface area (Å²) in [6, 6.07) is 12.0. The number of likely N-dealkylation sites (tertiary alicyclic amines) is 1. The summed E-state index contributed by atoms with van der Waals surface area (Å²) in [5, 5.41) is 2.86. The average Bonchev–Trinajstić information content (AvgIpc) is 3.25. The van der Waals surface area contributed by atoms with Crippen LogP contribution in [0.15, 0.2) is 47.1 Å². The molecule has 5 heteroatoms. The van der Waals surface area contributed by atoms with Gasteiger partial charge in [-0.3, -0.25) is 9.59 Å². The molecule has 1 atom stereocenters. The summed E-state index contributed by atoms with van der Waals surface area (Å²) in [5.41, 5.74) is 2.48. The molecule has 27 heavy (non-hydrogen) atoms. The predicted molar refractivity (Wildman–Crippen MR) is 104 cm³/mol. The molecule has 2 heterocycles. The van der Waals surface area contributed by atoms with Gasteiger partial charge in [0, 0.05) is 25.4 Å². The number of hydrogen-bond acceptors (Lipinski definition) is 3. The van der Waals surface area contributed by atoms with Crippen molar-refractivity contribution in [3.05, 3.63) is 59.5 Å². The third-order valence-electron chi connectivity index (χ3n) is 5.09. The summed E-state index contributed by atoms with van der Waals surface area (Å²) in [5.74, 6) is 0.791. The largest absolute Gasteiger partial charge is 0.467 e. The van der Waals surface area contributed by atoms with Gasteiger partial charge in [0.05, 0.1) is 12.8 Å². The van der Waals surface area contributed by atoms with Crippen LogP contribution in [0.2, 0.25) is 0 Å². The van der Waals surface area contributed by atoms with Gasteiger partial charge in [0.1, 0.15) is 5.76 Å². The number of amides is 2. The number of benzene rings is 1. The maximum Gasteiger partial charge on any atom is 0.223 e. The van der Waals surface area contributed by atoms with Crippen LogP contribution in [0, 0.1) is 0 Å². The minimum absolute atomic E-state index is 0.0450. The van der Waals surface area contributed by atoms with Crippen molar-refractivity contribution in [2.24, 2.45) is 0 Å². The first-order valence-corrected chi connectivity index (χ1v) is 9.51. The molecule has 1 unspecified atom stereocenters. The second-order valence-electron chi connectivity index (χ2n) is 8.22. The van der Waals surface area contributed by atoms with E-state index in [0.717, 1.165) is 17.7 Å². The number of furan rings is 1. The molecule has 144 valence electrons. The topological polar surface area (TPSA) is 62.6 Å². The molecular formula is C22H28N2O3. The van der Waals surface area contributed by atoms with Gasteiger partial charge in [0.15, 0.2) is 0 Å². The Hall–Kier alpha value is -2.56. The fraction of sp³-hybridized carbons (Fsp3) is 0.455. The Bertz CT molecular complexity index is 773. The minimum atomic E-state index is -0.0563. The van der Waals surface area contributed by atoms with Crippen LogP contribution in [0.5, 0.6) is 0 Å². The fourth-order valence-corrected chi connectivity index (χ4v) is 3.41. The molecule has 1 fully saturated rings. The lowest BCUT2D eigenvalue weighted by atomic mass is 9.87. The average molecular weight is 368 g/mol. The number of hydrogen-bond donors (Lipinski definition) is 1. The van der Waals surface area contributed by atoms with Crippen molar-refractivity contribution < 1.29 is 14.0 Å². The Morgan fingerprint density at radius 2 is 1.96 bits per heavy atom. The van der Waals surface area contributed by atoms with Crippen LogP contribution in [-0.2, 0) is 28.1 Å². The molecule has 5 nitrogen and oxygen atoms in total. The number of nitrogens with zero attached hydrogens (tertiary/aromatic N) is 1. The Morgan fingerprint density at radius 1 is 1.22 bits per heavy atom. The van der Waals surface area contributed by atoms with E-state index >= 15 is 0 Å². The highest BCUT2D eigenvalue weighted by Crippen LogP contribution is 2.26. The third-order valence-corrected chi connectivity index (χ3v) is 5.09. The summed E-state index contributed by atoms with van der Waals surface area (Å²) in [7, 11) is 0. The standard InChI is InChI=1S/C22H28N2O3/c1-22(2,3)17-8-6-16(7-9-17)15-24-18(10-11-21(24)26)13-20(25)23-14-19-5-4-12-27-19/h4-9,12,18H,10-11,13-15H2,1-3H3,(H,23,25). The van der Waals surface area contributed by atoms with E-state index in [-0.39, 0.29) is 23.3 Å². The lowest BCUT2D eigenvalue weighted by molar-refractivity contribution is -0.130. The van der Waals surface area contributed by atoms with Crippen LogP contribution in [-0.4, -0.2) is 22.8 Å². The van der Waals surface area contributed by atoms with E-state index in [4.69, 9.17) is 4.42 Å². The van der Waals surface area contributed by atoms with Crippen molar-refractivity contribution in [2.75, 3.05) is 0 Å². The lowest BCUT2D eigenvalue weighted by Crippen LogP contribution is -2.36. The van der Waals surface area contributed by atoms with E-state index in [9.17, 15) is 9.59 Å². The van der Waals surface area contributed by atoms with Crippen LogP contribution in [0.1, 0.15) is 56.9 Å². The van der Waals surface area contributed by atoms with E-state index in [1.807, 2.05) is 11.0 Å². The van der Waals surface area contributed by atoms with E-state index in [0.29, 0.717) is 25.9 Å². The van der Waals surface area contributed by atoms with Crippen molar-refractivity contribution in [3.63, 3.8) is 0 Å². The molecule has 3 rings (SSSR count). The van der Waals surface area contributed by atoms with Crippen molar-refractivity contribution >= 4 is 11.8 Å². The lowest BCUT2D eigenvalue weighted by Gasteiger charge is -2.25. The van der Waals surface area contributed by atoms with E-state index < -0.39 is 0 Å². The second kappa shape index (κ2) is 7.99. The smallest absolute Gasteiger partial charge is 0.223 e. The normalized spacial score (nSPS) is 17.4. The molecule has 0 aliphatic carbocycles. The van der Waals surface area contributed by atoms with Gasteiger partial charge in [-0.1, -0.05) is 45.0 Å². The van der Waals surface area contributed by atoms with Gasteiger partial charge in [-0.25, -0.2) is 0 Å². The molecule has 1 N–H and O–H groups in total. The Kier molecular flexibility index (Phi) is 5.68. The summed E-state index contributed by atoms with van der Waals surface area (Å²) in [6.45, 7) is 7.48.